The van der Waals surface area contributed by atoms with Crippen LogP contribution in [0.15, 0.2) is 89.8 Å². The molecule has 0 aliphatic carbocycles. The molecular formula is C26H18ClNO3S. The maximum absolute atomic E-state index is 12.9. The molecule has 0 atom stereocenters. The molecule has 0 aliphatic rings. The highest BCUT2D eigenvalue weighted by atomic mass is 35.5. The maximum Gasteiger partial charge on any atom is 0.339 e. The van der Waals surface area contributed by atoms with E-state index in [9.17, 15) is 13.7 Å². The number of hydrogen-bond donors (Lipinski definition) is 0. The number of rotatable bonds is 5. The third kappa shape index (κ3) is 4.52. The van der Waals surface area contributed by atoms with Gasteiger partial charge in [0.2, 0.25) is 0 Å². The molecule has 4 nitrogen and oxygen atoms in total. The molecule has 0 saturated heterocycles. The molecule has 0 radical (unpaired) electrons. The fourth-order valence-corrected chi connectivity index (χ4v) is 4.40. The van der Waals surface area contributed by atoms with Crippen LogP contribution in [0, 0.1) is 18.3 Å². The molecule has 4 aromatic rings. The molecule has 4 rings (SSSR count). The molecule has 4 aromatic carbocycles. The van der Waals surface area contributed by atoms with Gasteiger partial charge in [-0.25, -0.2) is 0 Å². The van der Waals surface area contributed by atoms with E-state index < -0.39 is 10.1 Å². The van der Waals surface area contributed by atoms with Gasteiger partial charge in [0.15, 0.2) is 5.75 Å². The van der Waals surface area contributed by atoms with Gasteiger partial charge in [0.25, 0.3) is 0 Å². The van der Waals surface area contributed by atoms with Crippen molar-refractivity contribution in [1.29, 1.82) is 5.26 Å². The Hall–Kier alpha value is -3.59. The van der Waals surface area contributed by atoms with Gasteiger partial charge in [0.05, 0.1) is 11.6 Å². The summed E-state index contributed by atoms with van der Waals surface area (Å²) in [7, 11) is -4.06. The Balaban J connectivity index is 1.87. The lowest BCUT2D eigenvalue weighted by atomic mass is 9.99. The minimum Gasteiger partial charge on any atom is -0.378 e. The van der Waals surface area contributed by atoms with Crippen LogP contribution in [0.1, 0.15) is 16.7 Å². The smallest absolute Gasteiger partial charge is 0.339 e. The Kier molecular flexibility index (Phi) is 6.00. The van der Waals surface area contributed by atoms with Gasteiger partial charge in [-0.05, 0) is 59.7 Å². The summed E-state index contributed by atoms with van der Waals surface area (Å²) in [5, 5.41) is 12.0. The van der Waals surface area contributed by atoms with Gasteiger partial charge in [0.1, 0.15) is 4.90 Å². The summed E-state index contributed by atoms with van der Waals surface area (Å²) in [5.74, 6) is 0.144. The van der Waals surface area contributed by atoms with Crippen molar-refractivity contribution in [3.05, 3.63) is 107 Å². The number of hydrogen-bond acceptors (Lipinski definition) is 4. The molecule has 158 valence electrons. The van der Waals surface area contributed by atoms with Crippen LogP contribution >= 0.6 is 11.6 Å². The molecule has 0 N–H and O–H groups in total. The first-order valence-corrected chi connectivity index (χ1v) is 11.6. The second-order valence-electron chi connectivity index (χ2n) is 7.23. The summed E-state index contributed by atoms with van der Waals surface area (Å²) in [4.78, 5) is 0.0596. The monoisotopic (exact) mass is 459 g/mol. The van der Waals surface area contributed by atoms with Gasteiger partial charge in [0, 0.05) is 10.6 Å². The minimum absolute atomic E-state index is 0.0596. The average Bonchev–Trinajstić information content (AvgIpc) is 2.79. The van der Waals surface area contributed by atoms with E-state index in [0.29, 0.717) is 21.7 Å². The second-order valence-corrected chi connectivity index (χ2v) is 9.21. The van der Waals surface area contributed by atoms with Crippen molar-refractivity contribution in [1.82, 2.24) is 0 Å². The molecular weight excluding hydrogens is 442 g/mol. The summed E-state index contributed by atoms with van der Waals surface area (Å²) in [6.07, 6.45) is 1.64. The Morgan fingerprint density at radius 3 is 2.31 bits per heavy atom. The first-order chi connectivity index (χ1) is 15.4. The van der Waals surface area contributed by atoms with Crippen molar-refractivity contribution in [3.8, 4) is 11.8 Å². The molecule has 6 heteroatoms. The minimum atomic E-state index is -4.06. The van der Waals surface area contributed by atoms with Crippen LogP contribution in [0.5, 0.6) is 5.75 Å². The number of benzene rings is 4. The lowest BCUT2D eigenvalue weighted by molar-refractivity contribution is 0.486. The van der Waals surface area contributed by atoms with Crippen LogP contribution in [0.4, 0.5) is 0 Å². The van der Waals surface area contributed by atoms with Gasteiger partial charge >= 0.3 is 10.1 Å². The van der Waals surface area contributed by atoms with Crippen molar-refractivity contribution in [2.45, 2.75) is 11.8 Å². The molecule has 0 unspecified atom stereocenters. The predicted octanol–water partition coefficient (Wildman–Crippen LogP) is 6.63. The number of fused-ring (bicyclic) bond motifs is 1. The Morgan fingerprint density at radius 2 is 1.62 bits per heavy atom. The highest BCUT2D eigenvalue weighted by molar-refractivity contribution is 7.87. The molecule has 0 fully saturated rings. The first-order valence-electron chi connectivity index (χ1n) is 9.78. The molecule has 0 bridgehead atoms. The number of aryl methyl sites for hydroxylation is 1. The summed E-state index contributed by atoms with van der Waals surface area (Å²) in [5.41, 5.74) is 2.47. The zero-order chi connectivity index (χ0) is 22.7. The fraction of sp³-hybridized carbons (Fsp3) is 0.0385. The van der Waals surface area contributed by atoms with Crippen LogP contribution in [0.3, 0.4) is 0 Å². The van der Waals surface area contributed by atoms with E-state index in [2.05, 4.69) is 6.07 Å². The average molecular weight is 460 g/mol. The highest BCUT2D eigenvalue weighted by Crippen LogP contribution is 2.34. The van der Waals surface area contributed by atoms with Gasteiger partial charge in [-0.1, -0.05) is 71.8 Å². The molecule has 0 saturated carbocycles. The molecule has 0 aliphatic heterocycles. The normalized spacial score (nSPS) is 11.8. The molecule has 0 spiro atoms. The quantitative estimate of drug-likeness (QED) is 0.191. The van der Waals surface area contributed by atoms with Crippen molar-refractivity contribution in [2.75, 3.05) is 0 Å². The van der Waals surface area contributed by atoms with Crippen molar-refractivity contribution < 1.29 is 12.6 Å². The van der Waals surface area contributed by atoms with Gasteiger partial charge < -0.3 is 4.18 Å². The standard InChI is InChI=1S/C26H18ClNO3S/c1-18-6-13-23(14-7-18)32(29,30)31-26-15-10-20-4-2-3-5-24(20)25(26)16-21(17-28)19-8-11-22(27)12-9-19/h2-16H,1H3/b21-16+. The zero-order valence-electron chi connectivity index (χ0n) is 17.1. The van der Waals surface area contributed by atoms with E-state index in [1.54, 1.807) is 54.6 Å². The van der Waals surface area contributed by atoms with Gasteiger partial charge in [-0.3, -0.25) is 0 Å². The molecule has 0 heterocycles. The number of nitriles is 1. The molecule has 32 heavy (non-hydrogen) atoms. The zero-order valence-corrected chi connectivity index (χ0v) is 18.7. The summed E-state index contributed by atoms with van der Waals surface area (Å²) >= 11 is 5.97. The molecule has 0 aromatic heterocycles. The van der Waals surface area contributed by atoms with E-state index >= 15 is 0 Å². The largest absolute Gasteiger partial charge is 0.378 e. The van der Waals surface area contributed by atoms with E-state index in [1.165, 1.54) is 12.1 Å². The number of allylic oxidation sites excluding steroid dienone is 1. The Morgan fingerprint density at radius 1 is 0.938 bits per heavy atom. The third-order valence-corrected chi connectivity index (χ3v) is 6.50. The Labute approximate surface area is 192 Å². The van der Waals surface area contributed by atoms with Crippen molar-refractivity contribution >= 4 is 44.1 Å². The second kappa shape index (κ2) is 8.88. The van der Waals surface area contributed by atoms with Crippen molar-refractivity contribution in [3.63, 3.8) is 0 Å². The lowest BCUT2D eigenvalue weighted by Gasteiger charge is -2.13. The lowest BCUT2D eigenvalue weighted by Crippen LogP contribution is -2.10. The van der Waals surface area contributed by atoms with Gasteiger partial charge in [-0.2, -0.15) is 13.7 Å². The fourth-order valence-electron chi connectivity index (χ4n) is 3.32. The highest BCUT2D eigenvalue weighted by Gasteiger charge is 2.19. The SMILES string of the molecule is Cc1ccc(S(=O)(=O)Oc2ccc3ccccc3c2/C=C(\C#N)c2ccc(Cl)cc2)cc1. The predicted molar refractivity (Wildman–Crippen MR) is 128 cm³/mol. The van der Waals surface area contributed by atoms with E-state index in [-0.39, 0.29) is 10.6 Å². The summed E-state index contributed by atoms with van der Waals surface area (Å²) in [6.45, 7) is 1.88. The van der Waals surface area contributed by atoms with Crippen LogP contribution in [0.2, 0.25) is 5.02 Å². The van der Waals surface area contributed by atoms with Crippen LogP contribution in [-0.4, -0.2) is 8.42 Å². The van der Waals surface area contributed by atoms with Crippen LogP contribution in [0.25, 0.3) is 22.4 Å². The van der Waals surface area contributed by atoms with E-state index in [0.717, 1.165) is 16.3 Å². The number of halogens is 1. The Bertz CT molecular complexity index is 1470. The summed E-state index contributed by atoms with van der Waals surface area (Å²) in [6, 6.07) is 26.4. The van der Waals surface area contributed by atoms with E-state index in [1.807, 2.05) is 31.2 Å². The van der Waals surface area contributed by atoms with Crippen LogP contribution in [-0.2, 0) is 10.1 Å². The topological polar surface area (TPSA) is 67.2 Å². The van der Waals surface area contributed by atoms with Crippen LogP contribution < -0.4 is 4.18 Å². The van der Waals surface area contributed by atoms with Crippen molar-refractivity contribution in [2.24, 2.45) is 0 Å². The van der Waals surface area contributed by atoms with Gasteiger partial charge in [-0.15, -0.1) is 0 Å². The third-order valence-electron chi connectivity index (χ3n) is 5.00. The molecule has 0 amide bonds. The van der Waals surface area contributed by atoms with E-state index in [4.69, 9.17) is 15.8 Å². The number of nitrogens with zero attached hydrogens (tertiary/aromatic N) is 1. The summed E-state index contributed by atoms with van der Waals surface area (Å²) < 4.78 is 31.4. The maximum atomic E-state index is 12.9. The first kappa shape index (κ1) is 21.6.